The van der Waals surface area contributed by atoms with Crippen molar-refractivity contribution < 1.29 is 13.2 Å². The van der Waals surface area contributed by atoms with E-state index in [1.165, 1.54) is 0 Å². The van der Waals surface area contributed by atoms with E-state index in [1.54, 1.807) is 18.2 Å². The summed E-state index contributed by atoms with van der Waals surface area (Å²) in [5.74, 6) is 1.17. The van der Waals surface area contributed by atoms with Gasteiger partial charge in [0.1, 0.15) is 11.8 Å². The zero-order valence-electron chi connectivity index (χ0n) is 12.2. The second-order valence-corrected chi connectivity index (χ2v) is 7.58. The van der Waals surface area contributed by atoms with Crippen LogP contribution in [-0.4, -0.2) is 51.1 Å². The van der Waals surface area contributed by atoms with E-state index in [4.69, 9.17) is 10.00 Å². The molecule has 0 amide bonds. The average Bonchev–Trinajstić information content (AvgIpc) is 2.84. The van der Waals surface area contributed by atoms with Gasteiger partial charge in [-0.2, -0.15) is 5.26 Å². The highest BCUT2D eigenvalue weighted by Crippen LogP contribution is 2.18. The van der Waals surface area contributed by atoms with Crippen LogP contribution < -0.4 is 4.74 Å². The molecule has 0 aliphatic carbocycles. The van der Waals surface area contributed by atoms with Crippen molar-refractivity contribution in [3.05, 3.63) is 29.8 Å². The molecule has 1 aromatic carbocycles. The van der Waals surface area contributed by atoms with Gasteiger partial charge in [0.25, 0.3) is 0 Å². The fraction of sp³-hybridized carbons (Fsp3) is 0.533. The van der Waals surface area contributed by atoms with E-state index >= 15 is 0 Å². The Kier molecular flexibility index (Phi) is 5.21. The monoisotopic (exact) mass is 308 g/mol. The largest absolute Gasteiger partial charge is 0.492 e. The molecule has 5 nitrogen and oxygen atoms in total. The Morgan fingerprint density at radius 3 is 2.86 bits per heavy atom. The summed E-state index contributed by atoms with van der Waals surface area (Å²) in [5, 5.41) is 8.96. The van der Waals surface area contributed by atoms with E-state index in [-0.39, 0.29) is 11.8 Å². The van der Waals surface area contributed by atoms with Crippen LogP contribution in [0.3, 0.4) is 0 Å². The smallest absolute Gasteiger partial charge is 0.151 e. The van der Waals surface area contributed by atoms with Gasteiger partial charge < -0.3 is 9.64 Å². The topological polar surface area (TPSA) is 70.4 Å². The van der Waals surface area contributed by atoms with Crippen molar-refractivity contribution >= 4 is 9.84 Å². The Morgan fingerprint density at radius 2 is 2.19 bits per heavy atom. The first kappa shape index (κ1) is 15.8. The molecule has 0 saturated carbocycles. The Morgan fingerprint density at radius 1 is 1.43 bits per heavy atom. The number of nitrogens with zero attached hydrogens (tertiary/aromatic N) is 2. The van der Waals surface area contributed by atoms with Crippen LogP contribution in [0.5, 0.6) is 5.75 Å². The van der Waals surface area contributed by atoms with E-state index < -0.39 is 9.84 Å². The summed E-state index contributed by atoms with van der Waals surface area (Å²) < 4.78 is 28.5. The van der Waals surface area contributed by atoms with Crippen molar-refractivity contribution in [2.24, 2.45) is 0 Å². The molecular weight excluding hydrogens is 288 g/mol. The van der Waals surface area contributed by atoms with E-state index in [0.717, 1.165) is 19.4 Å². The molecule has 1 atom stereocenters. The maximum absolute atomic E-state index is 11.4. The SMILES string of the molecule is CN(CCCOc1ccccc1C#N)C1CCS(=O)(=O)C1. The van der Waals surface area contributed by atoms with E-state index in [9.17, 15) is 8.42 Å². The zero-order chi connectivity index (χ0) is 15.3. The molecule has 2 rings (SSSR count). The summed E-state index contributed by atoms with van der Waals surface area (Å²) in [4.78, 5) is 2.09. The molecule has 0 N–H and O–H groups in total. The summed E-state index contributed by atoms with van der Waals surface area (Å²) in [6, 6.07) is 9.38. The van der Waals surface area contributed by atoms with Crippen molar-refractivity contribution in [3.8, 4) is 11.8 Å². The predicted octanol–water partition coefficient (Wildman–Crippen LogP) is 1.45. The molecule has 0 aromatic heterocycles. The van der Waals surface area contributed by atoms with Gasteiger partial charge in [0, 0.05) is 12.6 Å². The van der Waals surface area contributed by atoms with Crippen molar-refractivity contribution in [1.82, 2.24) is 4.90 Å². The second-order valence-electron chi connectivity index (χ2n) is 5.35. The number of hydrogen-bond donors (Lipinski definition) is 0. The Labute approximate surface area is 126 Å². The molecule has 114 valence electrons. The summed E-state index contributed by atoms with van der Waals surface area (Å²) >= 11 is 0. The number of hydrogen-bond acceptors (Lipinski definition) is 5. The van der Waals surface area contributed by atoms with Gasteiger partial charge in [0.2, 0.25) is 0 Å². The molecule has 1 fully saturated rings. The fourth-order valence-electron chi connectivity index (χ4n) is 2.49. The molecule has 21 heavy (non-hydrogen) atoms. The van der Waals surface area contributed by atoms with Gasteiger partial charge in [-0.05, 0) is 32.0 Å². The minimum atomic E-state index is -2.83. The molecule has 1 aliphatic rings. The van der Waals surface area contributed by atoms with Crippen LogP contribution in [0.2, 0.25) is 0 Å². The molecule has 6 heteroatoms. The van der Waals surface area contributed by atoms with Crippen molar-refractivity contribution in [3.63, 3.8) is 0 Å². The number of rotatable bonds is 6. The lowest BCUT2D eigenvalue weighted by atomic mass is 10.2. The number of para-hydroxylation sites is 1. The maximum atomic E-state index is 11.4. The van der Waals surface area contributed by atoms with Crippen LogP contribution >= 0.6 is 0 Å². The molecule has 0 bridgehead atoms. The predicted molar refractivity (Wildman–Crippen MR) is 81.0 cm³/mol. The van der Waals surface area contributed by atoms with Crippen LogP contribution in [0.4, 0.5) is 0 Å². The summed E-state index contributed by atoms with van der Waals surface area (Å²) in [5.41, 5.74) is 0.535. The normalized spacial score (nSPS) is 20.3. The zero-order valence-corrected chi connectivity index (χ0v) is 13.0. The second kappa shape index (κ2) is 6.92. The third kappa shape index (κ3) is 4.45. The highest BCUT2D eigenvalue weighted by Gasteiger charge is 2.30. The van der Waals surface area contributed by atoms with Gasteiger partial charge in [-0.25, -0.2) is 8.42 Å². The lowest BCUT2D eigenvalue weighted by molar-refractivity contribution is 0.227. The standard InChI is InChI=1S/C15H20N2O3S/c1-17(14-7-10-21(18,19)12-14)8-4-9-20-15-6-3-2-5-13(15)11-16/h2-3,5-6,14H,4,7-10,12H2,1H3. The minimum Gasteiger partial charge on any atom is -0.492 e. The van der Waals surface area contributed by atoms with Crippen LogP contribution in [0.25, 0.3) is 0 Å². The quantitative estimate of drug-likeness (QED) is 0.744. The lowest BCUT2D eigenvalue weighted by Crippen LogP contribution is -2.34. The van der Waals surface area contributed by atoms with Gasteiger partial charge in [0.15, 0.2) is 9.84 Å². The van der Waals surface area contributed by atoms with Crippen molar-refractivity contribution in [2.75, 3.05) is 31.7 Å². The van der Waals surface area contributed by atoms with Crippen molar-refractivity contribution in [2.45, 2.75) is 18.9 Å². The van der Waals surface area contributed by atoms with Crippen molar-refractivity contribution in [1.29, 1.82) is 5.26 Å². The van der Waals surface area contributed by atoms with Gasteiger partial charge in [-0.1, -0.05) is 12.1 Å². The number of benzene rings is 1. The Balaban J connectivity index is 1.74. The molecular formula is C15H20N2O3S. The van der Waals surface area contributed by atoms with Crippen LogP contribution in [0.15, 0.2) is 24.3 Å². The first-order valence-electron chi connectivity index (χ1n) is 7.04. The van der Waals surface area contributed by atoms with Gasteiger partial charge >= 0.3 is 0 Å². The highest BCUT2D eigenvalue weighted by atomic mass is 32.2. The molecule has 1 heterocycles. The van der Waals surface area contributed by atoms with E-state index in [2.05, 4.69) is 11.0 Å². The number of sulfone groups is 1. The number of ether oxygens (including phenoxy) is 1. The van der Waals surface area contributed by atoms with Gasteiger partial charge in [0.05, 0.1) is 23.7 Å². The first-order valence-corrected chi connectivity index (χ1v) is 8.86. The Bertz CT molecular complexity index is 622. The third-order valence-electron chi connectivity index (χ3n) is 3.75. The van der Waals surface area contributed by atoms with Crippen LogP contribution in [-0.2, 0) is 9.84 Å². The summed E-state index contributed by atoms with van der Waals surface area (Å²) in [6.07, 6.45) is 1.52. The molecule has 0 radical (unpaired) electrons. The molecule has 1 unspecified atom stereocenters. The van der Waals surface area contributed by atoms with Gasteiger partial charge in [-0.15, -0.1) is 0 Å². The van der Waals surface area contributed by atoms with Crippen LogP contribution in [0, 0.1) is 11.3 Å². The molecule has 1 saturated heterocycles. The third-order valence-corrected chi connectivity index (χ3v) is 5.50. The average molecular weight is 308 g/mol. The fourth-order valence-corrected chi connectivity index (χ4v) is 4.29. The maximum Gasteiger partial charge on any atom is 0.151 e. The van der Waals surface area contributed by atoms with Crippen LogP contribution in [0.1, 0.15) is 18.4 Å². The highest BCUT2D eigenvalue weighted by molar-refractivity contribution is 7.91. The molecule has 1 aromatic rings. The van der Waals surface area contributed by atoms with E-state index in [1.807, 2.05) is 13.1 Å². The molecule has 0 spiro atoms. The first-order chi connectivity index (χ1) is 10.0. The minimum absolute atomic E-state index is 0.126. The summed E-state index contributed by atoms with van der Waals surface area (Å²) in [7, 11) is -0.879. The summed E-state index contributed by atoms with van der Waals surface area (Å²) in [6.45, 7) is 1.30. The van der Waals surface area contributed by atoms with Gasteiger partial charge in [-0.3, -0.25) is 0 Å². The molecule has 1 aliphatic heterocycles. The number of nitriles is 1. The van der Waals surface area contributed by atoms with E-state index in [0.29, 0.717) is 23.7 Å². The Hall–Kier alpha value is -1.58. The lowest BCUT2D eigenvalue weighted by Gasteiger charge is -2.22.